The van der Waals surface area contributed by atoms with Crippen molar-refractivity contribution in [3.63, 3.8) is 0 Å². The Bertz CT molecular complexity index is 1350. The van der Waals surface area contributed by atoms with Gasteiger partial charge >= 0.3 is 6.18 Å². The van der Waals surface area contributed by atoms with Gasteiger partial charge in [0, 0.05) is 58.1 Å². The van der Waals surface area contributed by atoms with Crippen LogP contribution in [0.2, 0.25) is 0 Å². The van der Waals surface area contributed by atoms with Crippen molar-refractivity contribution in [2.45, 2.75) is 64.6 Å². The summed E-state index contributed by atoms with van der Waals surface area (Å²) in [6.45, 7) is 10.9. The molecule has 8 nitrogen and oxygen atoms in total. The lowest BCUT2D eigenvalue weighted by molar-refractivity contribution is -0.137. The molecule has 2 N–H and O–H groups in total. The summed E-state index contributed by atoms with van der Waals surface area (Å²) in [6, 6.07) is 2.02. The predicted molar refractivity (Wildman–Crippen MR) is 163 cm³/mol. The number of likely N-dealkylation sites (N-methyl/N-ethyl adjacent to an activating group) is 1. The van der Waals surface area contributed by atoms with E-state index in [0.717, 1.165) is 23.3 Å². The van der Waals surface area contributed by atoms with E-state index in [2.05, 4.69) is 15.1 Å². The molecule has 0 radical (unpaired) electrons. The number of halogens is 4. The SMILES string of the molecule is CC.CCN(CCNS(=O)c1cnn(C)c1)/C1=C/C/C([C@@H](C)Nc2ccc(F)cc2C(F)(F)F)=C\C(C)=C/CC(=O)N1C. The Morgan fingerprint density at radius 3 is 2.47 bits per heavy atom. The Labute approximate surface area is 254 Å². The summed E-state index contributed by atoms with van der Waals surface area (Å²) in [5.74, 6) is -0.453. The molecule has 0 spiro atoms. The molecule has 1 aliphatic heterocycles. The zero-order valence-corrected chi connectivity index (χ0v) is 26.6. The van der Waals surface area contributed by atoms with Crippen LogP contribution in [0.4, 0.5) is 23.2 Å². The lowest BCUT2D eigenvalue weighted by Gasteiger charge is -2.33. The summed E-state index contributed by atoms with van der Waals surface area (Å²) in [7, 11) is 1.97. The van der Waals surface area contributed by atoms with Gasteiger partial charge < -0.3 is 15.1 Å². The van der Waals surface area contributed by atoms with E-state index in [9.17, 15) is 26.6 Å². The van der Waals surface area contributed by atoms with E-state index in [1.54, 1.807) is 42.9 Å². The topological polar surface area (TPSA) is 82.5 Å². The van der Waals surface area contributed by atoms with Crippen LogP contribution >= 0.6 is 0 Å². The van der Waals surface area contributed by atoms with E-state index >= 15 is 0 Å². The molecule has 1 aliphatic rings. The second-order valence-corrected chi connectivity index (χ2v) is 11.0. The van der Waals surface area contributed by atoms with E-state index in [1.807, 2.05) is 44.7 Å². The number of carbonyl (C=O) groups is 1. The molecule has 2 heterocycles. The van der Waals surface area contributed by atoms with E-state index < -0.39 is 34.6 Å². The van der Waals surface area contributed by atoms with Crippen LogP contribution in [0.25, 0.3) is 0 Å². The summed E-state index contributed by atoms with van der Waals surface area (Å²) >= 11 is 0. The molecular formula is C30H42F4N6O2S. The molecule has 43 heavy (non-hydrogen) atoms. The minimum absolute atomic E-state index is 0.120. The fourth-order valence-electron chi connectivity index (χ4n) is 4.40. The minimum Gasteiger partial charge on any atom is -0.378 e. The van der Waals surface area contributed by atoms with Gasteiger partial charge in [-0.3, -0.25) is 9.48 Å². The molecule has 238 valence electrons. The first kappa shape index (κ1) is 35.7. The summed E-state index contributed by atoms with van der Waals surface area (Å²) in [6.07, 6.45) is 4.45. The van der Waals surface area contributed by atoms with Crippen LogP contribution in [0.1, 0.15) is 53.0 Å². The van der Waals surface area contributed by atoms with Crippen molar-refractivity contribution in [1.29, 1.82) is 0 Å². The second kappa shape index (κ2) is 16.4. The fraction of sp³-hybridized carbons (Fsp3) is 0.467. The van der Waals surface area contributed by atoms with Gasteiger partial charge in [0.25, 0.3) is 0 Å². The number of anilines is 1. The number of aryl methyl sites for hydroxylation is 1. The zero-order chi connectivity index (χ0) is 32.3. The number of alkyl halides is 3. The highest BCUT2D eigenvalue weighted by atomic mass is 32.2. The molecular weight excluding hydrogens is 584 g/mol. The highest BCUT2D eigenvalue weighted by molar-refractivity contribution is 7.83. The Hall–Kier alpha value is -3.45. The van der Waals surface area contributed by atoms with Gasteiger partial charge in [0.1, 0.15) is 22.6 Å². The monoisotopic (exact) mass is 626 g/mol. The van der Waals surface area contributed by atoms with Gasteiger partial charge in [-0.05, 0) is 57.0 Å². The molecule has 2 aromatic rings. The number of amides is 1. The Morgan fingerprint density at radius 2 is 1.86 bits per heavy atom. The van der Waals surface area contributed by atoms with E-state index in [4.69, 9.17) is 0 Å². The Morgan fingerprint density at radius 1 is 1.16 bits per heavy atom. The molecule has 1 aromatic heterocycles. The molecule has 1 unspecified atom stereocenters. The van der Waals surface area contributed by atoms with Crippen molar-refractivity contribution < 1.29 is 26.6 Å². The number of hydrogen-bond donors (Lipinski definition) is 2. The lowest BCUT2D eigenvalue weighted by atomic mass is 9.99. The standard InChI is InChI=1S/C28H36F4N6O2S.C2H6/c1-6-38(14-13-34-41(40)23-17-33-36(4)18-23)26-11-8-21(15-19(2)7-12-27(39)37(26)5)20(3)35-25-10-9-22(29)16-24(25)28(30,31)32;1-2/h7,9-11,15-18,20,34-35H,6,8,12-14H2,1-5H3;1-2H3/b19-7-,21-15+,26-11+;/t20-,41?;/m1./s1. The third-order valence-electron chi connectivity index (χ3n) is 6.68. The molecule has 13 heteroatoms. The van der Waals surface area contributed by atoms with Crippen molar-refractivity contribution in [3.8, 4) is 0 Å². The number of allylic oxidation sites excluding steroid dienone is 3. The third-order valence-corrected chi connectivity index (χ3v) is 7.79. The maximum Gasteiger partial charge on any atom is 0.418 e. The average molecular weight is 627 g/mol. The van der Waals surface area contributed by atoms with Crippen LogP contribution in [0.15, 0.2) is 70.7 Å². The van der Waals surface area contributed by atoms with Crippen LogP contribution in [0, 0.1) is 5.82 Å². The van der Waals surface area contributed by atoms with Crippen LogP contribution < -0.4 is 10.0 Å². The van der Waals surface area contributed by atoms with Crippen molar-refractivity contribution in [2.24, 2.45) is 7.05 Å². The van der Waals surface area contributed by atoms with Crippen molar-refractivity contribution in [2.75, 3.05) is 32.0 Å². The van der Waals surface area contributed by atoms with Crippen molar-refractivity contribution in [3.05, 3.63) is 77.2 Å². The van der Waals surface area contributed by atoms with Gasteiger partial charge in [0.15, 0.2) is 0 Å². The summed E-state index contributed by atoms with van der Waals surface area (Å²) < 4.78 is 71.5. The first-order valence-corrected chi connectivity index (χ1v) is 15.3. The van der Waals surface area contributed by atoms with Gasteiger partial charge in [0.2, 0.25) is 5.91 Å². The Balaban J connectivity index is 0.00000316. The molecule has 1 amide bonds. The highest BCUT2D eigenvalue weighted by Gasteiger charge is 2.34. The normalized spacial score (nSPS) is 19.5. The summed E-state index contributed by atoms with van der Waals surface area (Å²) in [5.41, 5.74) is 0.289. The van der Waals surface area contributed by atoms with Gasteiger partial charge in [-0.15, -0.1) is 0 Å². The summed E-state index contributed by atoms with van der Waals surface area (Å²) in [5, 5.41) is 6.94. The third kappa shape index (κ3) is 10.3. The number of nitrogens with one attached hydrogen (secondary N) is 2. The predicted octanol–water partition coefficient (Wildman–Crippen LogP) is 6.01. The maximum absolute atomic E-state index is 13.6. The number of aromatic nitrogens is 2. The summed E-state index contributed by atoms with van der Waals surface area (Å²) in [4.78, 5) is 17.1. The number of rotatable bonds is 10. The van der Waals surface area contributed by atoms with E-state index in [1.165, 1.54) is 6.20 Å². The first-order valence-electron chi connectivity index (χ1n) is 14.2. The first-order chi connectivity index (χ1) is 20.3. The van der Waals surface area contributed by atoms with Gasteiger partial charge in [-0.25, -0.2) is 13.3 Å². The Kier molecular flexibility index (Phi) is 13.6. The van der Waals surface area contributed by atoms with E-state index in [-0.39, 0.29) is 18.0 Å². The van der Waals surface area contributed by atoms with Gasteiger partial charge in [0.05, 0.1) is 16.7 Å². The lowest BCUT2D eigenvalue weighted by Crippen LogP contribution is -2.40. The molecule has 3 rings (SSSR count). The molecule has 1 aromatic carbocycles. The van der Waals surface area contributed by atoms with Gasteiger partial charge in [-0.2, -0.15) is 18.3 Å². The quantitative estimate of drug-likeness (QED) is 0.316. The fourth-order valence-corrected chi connectivity index (χ4v) is 5.24. The molecule has 0 bridgehead atoms. The number of nitrogens with zero attached hydrogens (tertiary/aromatic N) is 4. The van der Waals surface area contributed by atoms with Crippen LogP contribution in [0.3, 0.4) is 0 Å². The van der Waals surface area contributed by atoms with E-state index in [0.29, 0.717) is 42.8 Å². The largest absolute Gasteiger partial charge is 0.418 e. The zero-order valence-electron chi connectivity index (χ0n) is 25.8. The number of hydrogen-bond acceptors (Lipinski definition) is 5. The van der Waals surface area contributed by atoms with Crippen LogP contribution in [-0.4, -0.2) is 62.4 Å². The molecule has 0 aliphatic carbocycles. The molecule has 0 saturated carbocycles. The minimum atomic E-state index is -4.73. The highest BCUT2D eigenvalue weighted by Crippen LogP contribution is 2.36. The van der Waals surface area contributed by atoms with Crippen LogP contribution in [-0.2, 0) is 29.0 Å². The number of benzene rings is 1. The second-order valence-electron chi connectivity index (χ2n) is 9.74. The maximum atomic E-state index is 13.6. The number of carbonyl (C=O) groups excluding carboxylic acids is 1. The average Bonchev–Trinajstić information content (AvgIpc) is 3.41. The smallest absolute Gasteiger partial charge is 0.378 e. The van der Waals surface area contributed by atoms with Gasteiger partial charge in [-0.1, -0.05) is 31.6 Å². The van der Waals surface area contributed by atoms with Crippen LogP contribution in [0.5, 0.6) is 0 Å². The molecule has 0 saturated heterocycles. The molecule has 0 fully saturated rings. The molecule has 2 atom stereocenters. The van der Waals surface area contributed by atoms with Crippen molar-refractivity contribution >= 4 is 22.6 Å². The van der Waals surface area contributed by atoms with Crippen molar-refractivity contribution in [1.82, 2.24) is 24.3 Å².